The van der Waals surface area contributed by atoms with Crippen LogP contribution in [0.3, 0.4) is 0 Å². The van der Waals surface area contributed by atoms with Crippen molar-refractivity contribution in [3.63, 3.8) is 0 Å². The number of aromatic nitrogens is 1. The molecule has 2 heterocycles. The average Bonchev–Trinajstić information content (AvgIpc) is 3.31. The fraction of sp³-hybridized carbons (Fsp3) is 0.273. The van der Waals surface area contributed by atoms with Crippen molar-refractivity contribution >= 4 is 5.69 Å². The molecule has 0 spiro atoms. The second-order valence-corrected chi connectivity index (χ2v) is 6.63. The Bertz CT molecular complexity index is 850. The first kappa shape index (κ1) is 16.0. The minimum Gasteiger partial charge on any atom is -0.352 e. The molecule has 0 aliphatic carbocycles. The first-order chi connectivity index (χ1) is 12.2. The third kappa shape index (κ3) is 3.20. The van der Waals surface area contributed by atoms with Gasteiger partial charge >= 0.3 is 0 Å². The van der Waals surface area contributed by atoms with Gasteiger partial charge in [0.15, 0.2) is 6.23 Å². The minimum absolute atomic E-state index is 0.0152. The van der Waals surface area contributed by atoms with Gasteiger partial charge in [0.2, 0.25) is 0 Å². The quantitative estimate of drug-likeness (QED) is 0.677. The van der Waals surface area contributed by atoms with Crippen LogP contribution < -0.4 is 4.90 Å². The van der Waals surface area contributed by atoms with E-state index in [1.807, 2.05) is 0 Å². The monoisotopic (exact) mass is 332 g/mol. The molecule has 1 aliphatic heterocycles. The Hall–Kier alpha value is -2.52. The smallest absolute Gasteiger partial charge is 0.158 e. The fourth-order valence-electron chi connectivity index (χ4n) is 3.44. The van der Waals surface area contributed by atoms with Crippen molar-refractivity contribution in [3.8, 4) is 5.69 Å². The maximum Gasteiger partial charge on any atom is 0.158 e. The standard InChI is InChI=1S/C22H24N2O/c1-3-18-7-9-20(10-8-18)24-13-14-25-22(24)19-11-12-23(16-19)21-6-4-5-17(2)15-21/h4-12,15-16,22H,3,13-14H2,1-2H3. The number of nitrogens with zero attached hydrogens (tertiary/aromatic N) is 2. The molecule has 4 rings (SSSR count). The molecular weight excluding hydrogens is 308 g/mol. The van der Waals surface area contributed by atoms with E-state index >= 15 is 0 Å². The summed E-state index contributed by atoms with van der Waals surface area (Å²) >= 11 is 0. The van der Waals surface area contributed by atoms with Crippen LogP contribution in [0.25, 0.3) is 5.69 Å². The van der Waals surface area contributed by atoms with E-state index in [1.165, 1.54) is 28.1 Å². The van der Waals surface area contributed by atoms with Crippen LogP contribution in [0, 0.1) is 6.92 Å². The van der Waals surface area contributed by atoms with Crippen LogP contribution in [0.1, 0.15) is 29.8 Å². The van der Waals surface area contributed by atoms with Gasteiger partial charge in [0.25, 0.3) is 0 Å². The Labute approximate surface area is 149 Å². The first-order valence-electron chi connectivity index (χ1n) is 8.97. The first-order valence-corrected chi connectivity index (χ1v) is 8.97. The Balaban J connectivity index is 1.60. The lowest BCUT2D eigenvalue weighted by Crippen LogP contribution is -2.22. The SMILES string of the molecule is CCc1ccc(N2CCOC2c2ccn(-c3cccc(C)c3)c2)cc1. The molecule has 2 aromatic carbocycles. The molecule has 1 fully saturated rings. The van der Waals surface area contributed by atoms with Crippen LogP contribution in [-0.2, 0) is 11.2 Å². The Morgan fingerprint density at radius 1 is 1.04 bits per heavy atom. The molecule has 0 amide bonds. The summed E-state index contributed by atoms with van der Waals surface area (Å²) in [5.74, 6) is 0. The summed E-state index contributed by atoms with van der Waals surface area (Å²) in [4.78, 5) is 2.34. The summed E-state index contributed by atoms with van der Waals surface area (Å²) < 4.78 is 8.22. The molecule has 0 bridgehead atoms. The Morgan fingerprint density at radius 3 is 2.64 bits per heavy atom. The van der Waals surface area contributed by atoms with Gasteiger partial charge in [-0.15, -0.1) is 0 Å². The van der Waals surface area contributed by atoms with Gasteiger partial charge in [0, 0.05) is 35.9 Å². The molecule has 3 aromatic rings. The normalized spacial score (nSPS) is 17.2. The number of aryl methyl sites for hydroxylation is 2. The number of hydrogen-bond donors (Lipinski definition) is 0. The molecule has 1 aliphatic rings. The maximum atomic E-state index is 6.05. The molecule has 0 saturated carbocycles. The van der Waals surface area contributed by atoms with Gasteiger partial charge in [-0.1, -0.05) is 31.2 Å². The van der Waals surface area contributed by atoms with E-state index in [4.69, 9.17) is 4.74 Å². The summed E-state index contributed by atoms with van der Waals surface area (Å²) in [6, 6.07) is 19.5. The number of rotatable bonds is 4. The summed E-state index contributed by atoms with van der Waals surface area (Å²) in [5.41, 5.74) is 6.23. The molecule has 0 N–H and O–H groups in total. The maximum absolute atomic E-state index is 6.05. The van der Waals surface area contributed by atoms with Crippen molar-refractivity contribution in [1.82, 2.24) is 4.57 Å². The van der Waals surface area contributed by atoms with E-state index in [2.05, 4.69) is 90.3 Å². The molecule has 25 heavy (non-hydrogen) atoms. The highest BCUT2D eigenvalue weighted by molar-refractivity contribution is 5.50. The zero-order valence-electron chi connectivity index (χ0n) is 14.9. The van der Waals surface area contributed by atoms with Crippen LogP contribution in [0.2, 0.25) is 0 Å². The van der Waals surface area contributed by atoms with Gasteiger partial charge in [-0.25, -0.2) is 0 Å². The highest BCUT2D eigenvalue weighted by Crippen LogP contribution is 2.33. The van der Waals surface area contributed by atoms with Crippen molar-refractivity contribution in [2.75, 3.05) is 18.1 Å². The van der Waals surface area contributed by atoms with Crippen LogP contribution in [-0.4, -0.2) is 17.7 Å². The second-order valence-electron chi connectivity index (χ2n) is 6.63. The average molecular weight is 332 g/mol. The molecule has 0 radical (unpaired) electrons. The predicted molar refractivity (Wildman–Crippen MR) is 102 cm³/mol. The molecule has 3 heteroatoms. The lowest BCUT2D eigenvalue weighted by atomic mass is 10.1. The lowest BCUT2D eigenvalue weighted by molar-refractivity contribution is 0.114. The highest BCUT2D eigenvalue weighted by atomic mass is 16.5. The zero-order chi connectivity index (χ0) is 17.2. The van der Waals surface area contributed by atoms with Crippen LogP contribution in [0.5, 0.6) is 0 Å². The summed E-state index contributed by atoms with van der Waals surface area (Å²) in [6.07, 6.45) is 5.35. The summed E-state index contributed by atoms with van der Waals surface area (Å²) in [5, 5.41) is 0. The largest absolute Gasteiger partial charge is 0.352 e. The lowest BCUT2D eigenvalue weighted by Gasteiger charge is -2.24. The molecule has 1 aromatic heterocycles. The summed E-state index contributed by atoms with van der Waals surface area (Å²) in [7, 11) is 0. The fourth-order valence-corrected chi connectivity index (χ4v) is 3.44. The van der Waals surface area contributed by atoms with E-state index in [9.17, 15) is 0 Å². The molecule has 1 unspecified atom stereocenters. The van der Waals surface area contributed by atoms with E-state index in [0.29, 0.717) is 0 Å². The second kappa shape index (κ2) is 6.77. The third-order valence-corrected chi connectivity index (χ3v) is 4.87. The van der Waals surface area contributed by atoms with Crippen molar-refractivity contribution in [2.24, 2.45) is 0 Å². The number of anilines is 1. The molecular formula is C22H24N2O. The van der Waals surface area contributed by atoms with Crippen LogP contribution in [0.4, 0.5) is 5.69 Å². The van der Waals surface area contributed by atoms with Crippen LogP contribution >= 0.6 is 0 Å². The van der Waals surface area contributed by atoms with Crippen LogP contribution in [0.15, 0.2) is 67.0 Å². The van der Waals surface area contributed by atoms with E-state index in [0.717, 1.165) is 19.6 Å². The minimum atomic E-state index is -0.0152. The van der Waals surface area contributed by atoms with E-state index in [1.54, 1.807) is 0 Å². The number of benzene rings is 2. The topological polar surface area (TPSA) is 17.4 Å². The highest BCUT2D eigenvalue weighted by Gasteiger charge is 2.27. The number of ether oxygens (including phenoxy) is 1. The molecule has 1 saturated heterocycles. The van der Waals surface area contributed by atoms with E-state index in [-0.39, 0.29) is 6.23 Å². The van der Waals surface area contributed by atoms with Crippen molar-refractivity contribution in [1.29, 1.82) is 0 Å². The third-order valence-electron chi connectivity index (χ3n) is 4.87. The molecule has 3 nitrogen and oxygen atoms in total. The zero-order valence-corrected chi connectivity index (χ0v) is 14.9. The Kier molecular flexibility index (Phi) is 4.33. The van der Waals surface area contributed by atoms with Gasteiger partial charge in [0.1, 0.15) is 0 Å². The molecule has 128 valence electrons. The van der Waals surface area contributed by atoms with Gasteiger partial charge < -0.3 is 14.2 Å². The number of hydrogen-bond acceptors (Lipinski definition) is 2. The van der Waals surface area contributed by atoms with Crippen molar-refractivity contribution in [2.45, 2.75) is 26.5 Å². The predicted octanol–water partition coefficient (Wildman–Crippen LogP) is 4.88. The van der Waals surface area contributed by atoms with Gasteiger partial charge in [-0.05, 0) is 54.8 Å². The van der Waals surface area contributed by atoms with Gasteiger partial charge in [-0.2, -0.15) is 0 Å². The summed E-state index contributed by atoms with van der Waals surface area (Å²) in [6.45, 7) is 5.99. The Morgan fingerprint density at radius 2 is 1.88 bits per heavy atom. The molecule has 1 atom stereocenters. The van der Waals surface area contributed by atoms with E-state index < -0.39 is 0 Å². The van der Waals surface area contributed by atoms with Crippen molar-refractivity contribution in [3.05, 3.63) is 83.7 Å². The van der Waals surface area contributed by atoms with Gasteiger partial charge in [0.05, 0.1) is 6.61 Å². The van der Waals surface area contributed by atoms with Gasteiger partial charge in [-0.3, -0.25) is 0 Å². The van der Waals surface area contributed by atoms with Crippen molar-refractivity contribution < 1.29 is 4.74 Å².